The summed E-state index contributed by atoms with van der Waals surface area (Å²) in [6.07, 6.45) is 6.29. The van der Waals surface area contributed by atoms with Gasteiger partial charge in [0.1, 0.15) is 0 Å². The second-order valence-corrected chi connectivity index (χ2v) is 7.09. The van der Waals surface area contributed by atoms with Gasteiger partial charge in [-0.1, -0.05) is 6.92 Å². The zero-order valence-electron chi connectivity index (χ0n) is 13.5. The highest BCUT2D eigenvalue weighted by molar-refractivity contribution is 5.97. The SMILES string of the molecule is CCC1(O)CCC12CCN(C(=O)c1ccc3nc[nH]c3c1)CC2. The molecule has 23 heavy (non-hydrogen) atoms. The maximum absolute atomic E-state index is 12.7. The van der Waals surface area contributed by atoms with E-state index in [9.17, 15) is 9.90 Å². The summed E-state index contributed by atoms with van der Waals surface area (Å²) in [7, 11) is 0. The predicted octanol–water partition coefficient (Wildman–Crippen LogP) is 2.72. The Balaban J connectivity index is 1.49. The Hall–Kier alpha value is -1.88. The van der Waals surface area contributed by atoms with E-state index in [2.05, 4.69) is 16.9 Å². The Morgan fingerprint density at radius 1 is 1.30 bits per heavy atom. The van der Waals surface area contributed by atoms with E-state index in [4.69, 9.17) is 0 Å². The van der Waals surface area contributed by atoms with Crippen LogP contribution in [0.5, 0.6) is 0 Å². The van der Waals surface area contributed by atoms with Gasteiger partial charge in [-0.3, -0.25) is 4.79 Å². The number of imidazole rings is 1. The van der Waals surface area contributed by atoms with Crippen molar-refractivity contribution >= 4 is 16.9 Å². The molecule has 2 aliphatic rings. The molecule has 0 bridgehead atoms. The van der Waals surface area contributed by atoms with Crippen molar-refractivity contribution in [1.82, 2.24) is 14.9 Å². The minimum atomic E-state index is -0.503. The Morgan fingerprint density at radius 3 is 2.74 bits per heavy atom. The number of likely N-dealkylation sites (tertiary alicyclic amines) is 1. The first kappa shape index (κ1) is 14.7. The number of hydrogen-bond donors (Lipinski definition) is 2. The van der Waals surface area contributed by atoms with Crippen molar-refractivity contribution in [3.8, 4) is 0 Å². The van der Waals surface area contributed by atoms with Gasteiger partial charge in [0.15, 0.2) is 0 Å². The lowest BCUT2D eigenvalue weighted by molar-refractivity contribution is -0.188. The molecule has 1 spiro atoms. The summed E-state index contributed by atoms with van der Waals surface area (Å²) in [6.45, 7) is 3.54. The minimum Gasteiger partial charge on any atom is -0.389 e. The quantitative estimate of drug-likeness (QED) is 0.895. The molecule has 1 saturated heterocycles. The molecule has 4 rings (SSSR count). The highest BCUT2D eigenvalue weighted by atomic mass is 16.3. The van der Waals surface area contributed by atoms with Crippen LogP contribution in [0.15, 0.2) is 24.5 Å². The average Bonchev–Trinajstić information content (AvgIpc) is 3.07. The van der Waals surface area contributed by atoms with E-state index in [1.54, 1.807) is 6.33 Å². The highest BCUT2D eigenvalue weighted by Gasteiger charge is 2.57. The van der Waals surface area contributed by atoms with Gasteiger partial charge in [-0.25, -0.2) is 4.98 Å². The third kappa shape index (κ3) is 2.10. The van der Waals surface area contributed by atoms with Crippen LogP contribution in [0, 0.1) is 5.41 Å². The van der Waals surface area contributed by atoms with E-state index in [0.717, 1.165) is 56.2 Å². The number of benzene rings is 1. The largest absolute Gasteiger partial charge is 0.389 e. The van der Waals surface area contributed by atoms with Crippen LogP contribution in [0.1, 0.15) is 49.4 Å². The molecule has 1 saturated carbocycles. The first-order valence-corrected chi connectivity index (χ1v) is 8.52. The average molecular weight is 313 g/mol. The van der Waals surface area contributed by atoms with Gasteiger partial charge in [0, 0.05) is 24.1 Å². The number of H-pyrrole nitrogens is 1. The van der Waals surface area contributed by atoms with Crippen LogP contribution in [0.4, 0.5) is 0 Å². The maximum Gasteiger partial charge on any atom is 0.253 e. The van der Waals surface area contributed by atoms with E-state index in [1.807, 2.05) is 23.1 Å². The fraction of sp³-hybridized carbons (Fsp3) is 0.556. The lowest BCUT2D eigenvalue weighted by atomic mass is 9.51. The van der Waals surface area contributed by atoms with Gasteiger partial charge in [0.25, 0.3) is 5.91 Å². The standard InChI is InChI=1S/C18H23N3O2/c1-2-18(23)6-5-17(18)7-9-21(10-8-17)16(22)13-3-4-14-15(11-13)20-12-19-14/h3-4,11-12,23H,2,5-10H2,1H3,(H,19,20). The summed E-state index contributed by atoms with van der Waals surface area (Å²) < 4.78 is 0. The van der Waals surface area contributed by atoms with E-state index >= 15 is 0 Å². The number of aromatic amines is 1. The molecule has 1 amide bonds. The third-order valence-electron chi connectivity index (χ3n) is 6.26. The fourth-order valence-electron chi connectivity index (χ4n) is 4.42. The molecular formula is C18H23N3O2. The number of carbonyl (C=O) groups excluding carboxylic acids is 1. The number of aromatic nitrogens is 2. The van der Waals surface area contributed by atoms with Crippen LogP contribution in [0.3, 0.4) is 0 Å². The van der Waals surface area contributed by atoms with Crippen molar-refractivity contribution in [1.29, 1.82) is 0 Å². The smallest absolute Gasteiger partial charge is 0.253 e. The summed E-state index contributed by atoms with van der Waals surface area (Å²) in [5, 5.41) is 10.7. The zero-order valence-corrected chi connectivity index (χ0v) is 13.5. The molecule has 0 radical (unpaired) electrons. The molecule has 2 N–H and O–H groups in total. The monoisotopic (exact) mass is 313 g/mol. The minimum absolute atomic E-state index is 0.0475. The summed E-state index contributed by atoms with van der Waals surface area (Å²) in [6, 6.07) is 5.61. The first-order valence-electron chi connectivity index (χ1n) is 8.52. The van der Waals surface area contributed by atoms with Crippen LogP contribution >= 0.6 is 0 Å². The van der Waals surface area contributed by atoms with Crippen molar-refractivity contribution in [2.24, 2.45) is 5.41 Å². The summed E-state index contributed by atoms with van der Waals surface area (Å²) >= 11 is 0. The fourth-order valence-corrected chi connectivity index (χ4v) is 4.42. The molecule has 1 atom stereocenters. The van der Waals surface area contributed by atoms with Gasteiger partial charge < -0.3 is 15.0 Å². The zero-order chi connectivity index (χ0) is 16.1. The number of hydrogen-bond acceptors (Lipinski definition) is 3. The Labute approximate surface area is 135 Å². The van der Waals surface area contributed by atoms with Crippen LogP contribution < -0.4 is 0 Å². The Morgan fingerprint density at radius 2 is 2.09 bits per heavy atom. The molecule has 1 aliphatic carbocycles. The molecule has 5 heteroatoms. The molecule has 2 fully saturated rings. The van der Waals surface area contributed by atoms with E-state index < -0.39 is 5.60 Å². The molecular weight excluding hydrogens is 290 g/mol. The number of nitrogens with zero attached hydrogens (tertiary/aromatic N) is 2. The van der Waals surface area contributed by atoms with Crippen LogP contribution in [0.25, 0.3) is 11.0 Å². The number of rotatable bonds is 2. The Bertz CT molecular complexity index is 742. The highest BCUT2D eigenvalue weighted by Crippen LogP contribution is 2.57. The van der Waals surface area contributed by atoms with Gasteiger partial charge in [-0.05, 0) is 50.3 Å². The summed E-state index contributed by atoms with van der Waals surface area (Å²) in [5.41, 5.74) is 2.02. The van der Waals surface area contributed by atoms with Gasteiger partial charge in [-0.2, -0.15) is 0 Å². The molecule has 1 aliphatic heterocycles. The van der Waals surface area contributed by atoms with Crippen molar-refractivity contribution in [3.05, 3.63) is 30.1 Å². The maximum atomic E-state index is 12.7. The van der Waals surface area contributed by atoms with Gasteiger partial charge in [-0.15, -0.1) is 0 Å². The first-order chi connectivity index (χ1) is 11.1. The number of carbonyl (C=O) groups is 1. The number of fused-ring (bicyclic) bond motifs is 1. The summed E-state index contributed by atoms with van der Waals surface area (Å²) in [5.74, 6) is 0.0794. The number of piperidine rings is 1. The van der Waals surface area contributed by atoms with Crippen LogP contribution in [0.2, 0.25) is 0 Å². The molecule has 1 unspecified atom stereocenters. The lowest BCUT2D eigenvalue weighted by Gasteiger charge is -2.59. The third-order valence-corrected chi connectivity index (χ3v) is 6.26. The lowest BCUT2D eigenvalue weighted by Crippen LogP contribution is -2.61. The number of amides is 1. The van der Waals surface area contributed by atoms with E-state index in [-0.39, 0.29) is 11.3 Å². The molecule has 2 heterocycles. The number of nitrogens with one attached hydrogen (secondary N) is 1. The van der Waals surface area contributed by atoms with Crippen molar-refractivity contribution in [2.45, 2.75) is 44.6 Å². The van der Waals surface area contributed by atoms with Crippen LogP contribution in [-0.2, 0) is 0 Å². The van der Waals surface area contributed by atoms with Gasteiger partial charge in [0.05, 0.1) is 23.0 Å². The second kappa shape index (κ2) is 5.06. The normalized spacial score (nSPS) is 26.4. The van der Waals surface area contributed by atoms with Gasteiger partial charge >= 0.3 is 0 Å². The molecule has 5 nitrogen and oxygen atoms in total. The van der Waals surface area contributed by atoms with Crippen LogP contribution in [-0.4, -0.2) is 44.6 Å². The molecule has 1 aromatic carbocycles. The van der Waals surface area contributed by atoms with E-state index in [1.165, 1.54) is 0 Å². The molecule has 2 aromatic rings. The Kier molecular flexibility index (Phi) is 3.23. The van der Waals surface area contributed by atoms with Crippen molar-refractivity contribution in [3.63, 3.8) is 0 Å². The predicted molar refractivity (Wildman–Crippen MR) is 88.1 cm³/mol. The van der Waals surface area contributed by atoms with E-state index in [0.29, 0.717) is 5.56 Å². The molecule has 1 aromatic heterocycles. The summed E-state index contributed by atoms with van der Waals surface area (Å²) in [4.78, 5) is 21.9. The second-order valence-electron chi connectivity index (χ2n) is 7.09. The number of aliphatic hydroxyl groups is 1. The molecule has 122 valence electrons. The van der Waals surface area contributed by atoms with Crippen molar-refractivity contribution < 1.29 is 9.90 Å². The van der Waals surface area contributed by atoms with Crippen molar-refractivity contribution in [2.75, 3.05) is 13.1 Å². The van der Waals surface area contributed by atoms with Gasteiger partial charge in [0.2, 0.25) is 0 Å². The topological polar surface area (TPSA) is 69.2 Å².